The molecule has 1 rings (SSSR count). The number of aliphatic hydroxyl groups is 1. The molecular formula is C11H22N2O3. The highest BCUT2D eigenvalue weighted by atomic mass is 16.5. The van der Waals surface area contributed by atoms with E-state index >= 15 is 0 Å². The summed E-state index contributed by atoms with van der Waals surface area (Å²) < 4.78 is 4.84. The number of hydrogen-bond donors (Lipinski definition) is 1. The summed E-state index contributed by atoms with van der Waals surface area (Å²) in [5.41, 5.74) is 0. The summed E-state index contributed by atoms with van der Waals surface area (Å²) in [7, 11) is 3.39. The normalized spacial score (nSPS) is 18.1. The van der Waals surface area contributed by atoms with Gasteiger partial charge in [-0.1, -0.05) is 0 Å². The van der Waals surface area contributed by atoms with Crippen molar-refractivity contribution in [3.05, 3.63) is 0 Å². The first-order valence-electron chi connectivity index (χ1n) is 5.77. The van der Waals surface area contributed by atoms with Crippen molar-refractivity contribution >= 4 is 5.91 Å². The van der Waals surface area contributed by atoms with E-state index in [4.69, 9.17) is 4.74 Å². The Morgan fingerprint density at radius 1 is 1.50 bits per heavy atom. The summed E-state index contributed by atoms with van der Waals surface area (Å²) >= 11 is 0. The van der Waals surface area contributed by atoms with E-state index in [1.54, 1.807) is 7.11 Å². The van der Waals surface area contributed by atoms with Crippen LogP contribution < -0.4 is 0 Å². The number of amides is 1. The average molecular weight is 230 g/mol. The Hall–Kier alpha value is -0.650. The third kappa shape index (κ3) is 4.47. The number of ether oxygens (including phenoxy) is 1. The Bertz CT molecular complexity index is 217. The van der Waals surface area contributed by atoms with E-state index in [2.05, 4.69) is 0 Å². The molecule has 1 unspecified atom stereocenters. The van der Waals surface area contributed by atoms with Crippen molar-refractivity contribution in [2.45, 2.75) is 18.9 Å². The summed E-state index contributed by atoms with van der Waals surface area (Å²) in [6.07, 6.45) is 1.70. The molecule has 1 atom stereocenters. The molecule has 0 aromatic heterocycles. The number of hydrogen-bond acceptors (Lipinski definition) is 4. The van der Waals surface area contributed by atoms with Crippen LogP contribution in [0.1, 0.15) is 12.8 Å². The van der Waals surface area contributed by atoms with Gasteiger partial charge in [0.15, 0.2) is 0 Å². The topological polar surface area (TPSA) is 53.0 Å². The molecule has 1 aliphatic rings. The van der Waals surface area contributed by atoms with Gasteiger partial charge in [-0.2, -0.15) is 0 Å². The summed E-state index contributed by atoms with van der Waals surface area (Å²) in [6.45, 7) is 2.91. The molecule has 1 aliphatic heterocycles. The molecule has 0 spiro atoms. The molecule has 94 valence electrons. The van der Waals surface area contributed by atoms with Gasteiger partial charge >= 0.3 is 0 Å². The molecule has 5 heteroatoms. The fraction of sp³-hybridized carbons (Fsp3) is 0.909. The smallest absolute Gasteiger partial charge is 0.236 e. The van der Waals surface area contributed by atoms with Crippen molar-refractivity contribution in [1.82, 2.24) is 9.80 Å². The molecule has 0 aliphatic carbocycles. The zero-order valence-corrected chi connectivity index (χ0v) is 10.2. The largest absolute Gasteiger partial charge is 0.389 e. The quantitative estimate of drug-likeness (QED) is 0.671. The molecule has 0 bridgehead atoms. The molecule has 5 nitrogen and oxygen atoms in total. The van der Waals surface area contributed by atoms with Crippen LogP contribution in [0.4, 0.5) is 0 Å². The first-order valence-corrected chi connectivity index (χ1v) is 5.77. The second-order valence-corrected chi connectivity index (χ2v) is 4.39. The lowest BCUT2D eigenvalue weighted by molar-refractivity contribution is -0.131. The Balaban J connectivity index is 2.22. The molecule has 0 radical (unpaired) electrons. The van der Waals surface area contributed by atoms with Crippen molar-refractivity contribution in [1.29, 1.82) is 0 Å². The third-order valence-electron chi connectivity index (χ3n) is 2.75. The zero-order valence-electron chi connectivity index (χ0n) is 10.2. The van der Waals surface area contributed by atoms with Crippen molar-refractivity contribution < 1.29 is 14.6 Å². The van der Waals surface area contributed by atoms with Crippen LogP contribution in [0.15, 0.2) is 0 Å². The summed E-state index contributed by atoms with van der Waals surface area (Å²) in [5, 5.41) is 9.51. The lowest BCUT2D eigenvalue weighted by atomic mass is 10.3. The van der Waals surface area contributed by atoms with Gasteiger partial charge in [0, 0.05) is 26.7 Å². The van der Waals surface area contributed by atoms with E-state index in [1.807, 2.05) is 16.8 Å². The molecule has 0 aromatic carbocycles. The maximum absolute atomic E-state index is 11.8. The molecule has 1 saturated heterocycles. The predicted octanol–water partition coefficient (Wildman–Crippen LogP) is -0.452. The molecule has 0 saturated carbocycles. The lowest BCUT2D eigenvalue weighted by Gasteiger charge is -2.22. The molecule has 1 amide bonds. The molecule has 1 fully saturated rings. The van der Waals surface area contributed by atoms with E-state index in [-0.39, 0.29) is 5.91 Å². The molecule has 16 heavy (non-hydrogen) atoms. The van der Waals surface area contributed by atoms with Crippen molar-refractivity contribution in [2.24, 2.45) is 0 Å². The number of carbonyl (C=O) groups is 1. The number of likely N-dealkylation sites (tertiary alicyclic amines) is 1. The second-order valence-electron chi connectivity index (χ2n) is 4.39. The van der Waals surface area contributed by atoms with Gasteiger partial charge in [0.2, 0.25) is 5.91 Å². The maximum Gasteiger partial charge on any atom is 0.236 e. The lowest BCUT2D eigenvalue weighted by Crippen LogP contribution is -2.40. The first kappa shape index (κ1) is 13.4. The standard InChI is InChI=1S/C11H22N2O3/c1-12(7-10(14)9-16-2)8-11(15)13-5-3-4-6-13/h10,14H,3-9H2,1-2H3. The van der Waals surface area contributed by atoms with E-state index in [1.165, 1.54) is 0 Å². The number of nitrogens with zero attached hydrogens (tertiary/aromatic N) is 2. The van der Waals surface area contributed by atoms with Crippen LogP contribution in [0.5, 0.6) is 0 Å². The predicted molar refractivity (Wildman–Crippen MR) is 61.2 cm³/mol. The van der Waals surface area contributed by atoms with Crippen LogP contribution in [0, 0.1) is 0 Å². The van der Waals surface area contributed by atoms with Crippen molar-refractivity contribution in [2.75, 3.05) is 46.9 Å². The fourth-order valence-corrected chi connectivity index (χ4v) is 1.97. The Morgan fingerprint density at radius 3 is 2.69 bits per heavy atom. The molecule has 0 aromatic rings. The SMILES string of the molecule is COCC(O)CN(C)CC(=O)N1CCCC1. The Kier molecular flexibility index (Phi) is 5.73. The van der Waals surface area contributed by atoms with E-state index in [0.29, 0.717) is 19.7 Å². The van der Waals surface area contributed by atoms with Crippen LogP contribution in [-0.4, -0.2) is 73.9 Å². The van der Waals surface area contributed by atoms with Gasteiger partial charge in [-0.25, -0.2) is 0 Å². The van der Waals surface area contributed by atoms with Crippen molar-refractivity contribution in [3.8, 4) is 0 Å². The Labute approximate surface area is 97.0 Å². The highest BCUT2D eigenvalue weighted by Crippen LogP contribution is 2.07. The van der Waals surface area contributed by atoms with E-state index in [9.17, 15) is 9.90 Å². The van der Waals surface area contributed by atoms with E-state index < -0.39 is 6.10 Å². The van der Waals surface area contributed by atoms with Gasteiger partial charge < -0.3 is 14.7 Å². The average Bonchev–Trinajstić information content (AvgIpc) is 2.69. The number of carbonyl (C=O) groups excluding carboxylic acids is 1. The summed E-state index contributed by atoms with van der Waals surface area (Å²) in [5.74, 6) is 0.157. The van der Waals surface area contributed by atoms with Gasteiger partial charge in [-0.15, -0.1) is 0 Å². The van der Waals surface area contributed by atoms with Crippen LogP contribution in [0.25, 0.3) is 0 Å². The summed E-state index contributed by atoms with van der Waals surface area (Å²) in [4.78, 5) is 15.5. The molecule has 1 N–H and O–H groups in total. The van der Waals surface area contributed by atoms with Gasteiger partial charge in [0.25, 0.3) is 0 Å². The van der Waals surface area contributed by atoms with Gasteiger partial charge in [-0.05, 0) is 19.9 Å². The minimum Gasteiger partial charge on any atom is -0.389 e. The number of likely N-dealkylation sites (N-methyl/N-ethyl adjacent to an activating group) is 1. The third-order valence-corrected chi connectivity index (χ3v) is 2.75. The molecular weight excluding hydrogens is 208 g/mol. The van der Waals surface area contributed by atoms with Crippen molar-refractivity contribution in [3.63, 3.8) is 0 Å². The van der Waals surface area contributed by atoms with Crippen LogP contribution in [0.2, 0.25) is 0 Å². The van der Waals surface area contributed by atoms with Gasteiger partial charge in [0.1, 0.15) is 0 Å². The second kappa shape index (κ2) is 6.83. The minimum absolute atomic E-state index is 0.157. The Morgan fingerprint density at radius 2 is 2.12 bits per heavy atom. The maximum atomic E-state index is 11.8. The monoisotopic (exact) mass is 230 g/mol. The van der Waals surface area contributed by atoms with Crippen LogP contribution in [0.3, 0.4) is 0 Å². The number of aliphatic hydroxyl groups excluding tert-OH is 1. The van der Waals surface area contributed by atoms with E-state index in [0.717, 1.165) is 25.9 Å². The summed E-state index contributed by atoms with van der Waals surface area (Å²) in [6, 6.07) is 0. The fourth-order valence-electron chi connectivity index (χ4n) is 1.97. The van der Waals surface area contributed by atoms with Gasteiger partial charge in [-0.3, -0.25) is 9.69 Å². The molecule has 1 heterocycles. The minimum atomic E-state index is -0.527. The zero-order chi connectivity index (χ0) is 12.0. The highest BCUT2D eigenvalue weighted by molar-refractivity contribution is 5.78. The first-order chi connectivity index (χ1) is 7.63. The number of methoxy groups -OCH3 is 1. The number of rotatable bonds is 6. The van der Waals surface area contributed by atoms with Crippen LogP contribution in [-0.2, 0) is 9.53 Å². The highest BCUT2D eigenvalue weighted by Gasteiger charge is 2.19. The van der Waals surface area contributed by atoms with Gasteiger partial charge in [0.05, 0.1) is 19.3 Å². The van der Waals surface area contributed by atoms with Crippen LogP contribution >= 0.6 is 0 Å².